The van der Waals surface area contributed by atoms with Gasteiger partial charge in [-0.1, -0.05) is 32.5 Å². The first-order chi connectivity index (χ1) is 7.63. The van der Waals surface area contributed by atoms with Crippen molar-refractivity contribution in [2.75, 3.05) is 11.9 Å². The zero-order valence-electron chi connectivity index (χ0n) is 10.2. The Morgan fingerprint density at radius 1 is 1.44 bits per heavy atom. The molecule has 2 nitrogen and oxygen atoms in total. The molecule has 2 rings (SSSR count). The molecule has 0 fully saturated rings. The molecule has 0 aromatic heterocycles. The first-order valence-corrected chi connectivity index (χ1v) is 6.49. The Morgan fingerprint density at radius 2 is 2.06 bits per heavy atom. The van der Waals surface area contributed by atoms with Crippen LogP contribution in [0.2, 0.25) is 0 Å². The highest BCUT2D eigenvalue weighted by Crippen LogP contribution is 2.42. The molecule has 1 atom stereocenters. The molecule has 0 radical (unpaired) electrons. The molecule has 0 spiro atoms. The average Bonchev–Trinajstić information content (AvgIpc) is 2.57. The van der Waals surface area contributed by atoms with Gasteiger partial charge in [-0.15, -0.1) is 0 Å². The molecular weight excluding hydrogens is 223 g/mol. The van der Waals surface area contributed by atoms with E-state index in [0.717, 1.165) is 16.9 Å². The Morgan fingerprint density at radius 3 is 2.62 bits per heavy atom. The molecule has 0 bridgehead atoms. The number of fused-ring (bicyclic) bond motifs is 1. The maximum Gasteiger partial charge on any atom is 0.147 e. The standard InChI is InChI=1S/C10H13FN2S.C2H6/c1-3-6-4-7(11)9-8(5-6)14-10(12)13(9)2;1-2/h4-5,10H,3,12H2,1-2H3;1-2H3. The van der Waals surface area contributed by atoms with Crippen LogP contribution < -0.4 is 10.6 Å². The first-order valence-electron chi connectivity index (χ1n) is 5.61. The van der Waals surface area contributed by atoms with Crippen LogP contribution in [0.5, 0.6) is 0 Å². The largest absolute Gasteiger partial charge is 0.347 e. The highest BCUT2D eigenvalue weighted by molar-refractivity contribution is 8.00. The van der Waals surface area contributed by atoms with E-state index in [0.29, 0.717) is 5.69 Å². The maximum absolute atomic E-state index is 13.7. The number of anilines is 1. The minimum absolute atomic E-state index is 0.161. The highest BCUT2D eigenvalue weighted by Gasteiger charge is 2.27. The molecule has 90 valence electrons. The van der Waals surface area contributed by atoms with Crippen molar-refractivity contribution in [1.29, 1.82) is 0 Å². The molecule has 0 amide bonds. The van der Waals surface area contributed by atoms with Gasteiger partial charge in [-0.25, -0.2) is 4.39 Å². The molecule has 0 aliphatic carbocycles. The smallest absolute Gasteiger partial charge is 0.147 e. The van der Waals surface area contributed by atoms with Gasteiger partial charge in [0.05, 0.1) is 5.69 Å². The lowest BCUT2D eigenvalue weighted by molar-refractivity contribution is 0.617. The monoisotopic (exact) mass is 242 g/mol. The van der Waals surface area contributed by atoms with Gasteiger partial charge in [-0.3, -0.25) is 0 Å². The quantitative estimate of drug-likeness (QED) is 0.820. The van der Waals surface area contributed by atoms with Crippen LogP contribution >= 0.6 is 11.8 Å². The summed E-state index contributed by atoms with van der Waals surface area (Å²) in [5, 5.41) is 0. The third-order valence-electron chi connectivity index (χ3n) is 2.48. The molecule has 1 heterocycles. The third kappa shape index (κ3) is 2.33. The summed E-state index contributed by atoms with van der Waals surface area (Å²) in [6.07, 6.45) is 0.851. The number of halogens is 1. The summed E-state index contributed by atoms with van der Waals surface area (Å²) in [6.45, 7) is 6.02. The van der Waals surface area contributed by atoms with Crippen molar-refractivity contribution in [2.45, 2.75) is 37.6 Å². The predicted molar refractivity (Wildman–Crippen MR) is 69.4 cm³/mol. The minimum atomic E-state index is -0.165. The van der Waals surface area contributed by atoms with Gasteiger partial charge in [0.1, 0.15) is 11.3 Å². The van der Waals surface area contributed by atoms with Gasteiger partial charge in [-0.2, -0.15) is 0 Å². The van der Waals surface area contributed by atoms with E-state index in [1.165, 1.54) is 11.8 Å². The van der Waals surface area contributed by atoms with E-state index >= 15 is 0 Å². The fourth-order valence-electron chi connectivity index (χ4n) is 1.60. The lowest BCUT2D eigenvalue weighted by atomic mass is 10.1. The van der Waals surface area contributed by atoms with Crippen molar-refractivity contribution < 1.29 is 4.39 Å². The molecule has 1 aromatic rings. The second-order valence-electron chi connectivity index (χ2n) is 3.40. The Labute approximate surface area is 101 Å². The van der Waals surface area contributed by atoms with Crippen LogP contribution in [0.4, 0.5) is 10.1 Å². The highest BCUT2D eigenvalue weighted by atomic mass is 32.2. The predicted octanol–water partition coefficient (Wildman–Crippen LogP) is 3.20. The van der Waals surface area contributed by atoms with Gasteiger partial charge in [0, 0.05) is 11.9 Å². The number of hydrogen-bond acceptors (Lipinski definition) is 3. The van der Waals surface area contributed by atoms with Gasteiger partial charge >= 0.3 is 0 Å². The van der Waals surface area contributed by atoms with Gasteiger partial charge < -0.3 is 10.6 Å². The Hall–Kier alpha value is -0.740. The van der Waals surface area contributed by atoms with Crippen molar-refractivity contribution in [3.63, 3.8) is 0 Å². The van der Waals surface area contributed by atoms with Crippen LogP contribution in [0.1, 0.15) is 26.3 Å². The van der Waals surface area contributed by atoms with E-state index in [2.05, 4.69) is 0 Å². The van der Waals surface area contributed by atoms with E-state index in [4.69, 9.17) is 5.73 Å². The number of nitrogens with two attached hydrogens (primary N) is 1. The van der Waals surface area contributed by atoms with Gasteiger partial charge in [0.15, 0.2) is 0 Å². The van der Waals surface area contributed by atoms with Crippen molar-refractivity contribution >= 4 is 17.4 Å². The fraction of sp³-hybridized carbons (Fsp3) is 0.500. The van der Waals surface area contributed by atoms with Crippen LogP contribution in [0.25, 0.3) is 0 Å². The van der Waals surface area contributed by atoms with E-state index in [9.17, 15) is 4.39 Å². The lowest BCUT2D eigenvalue weighted by Crippen LogP contribution is -2.32. The molecule has 1 unspecified atom stereocenters. The molecular formula is C12H19FN2S. The molecule has 0 saturated carbocycles. The second kappa shape index (κ2) is 5.55. The number of nitrogens with zero attached hydrogens (tertiary/aromatic N) is 1. The van der Waals surface area contributed by atoms with Gasteiger partial charge in [-0.05, 0) is 24.1 Å². The Bertz CT molecular complexity index is 368. The Kier molecular flexibility index (Phi) is 4.62. The average molecular weight is 242 g/mol. The SMILES string of the molecule is CC.CCc1cc(F)c2c(c1)SC(N)N2C. The summed E-state index contributed by atoms with van der Waals surface area (Å²) in [5.41, 5.74) is 7.31. The zero-order valence-corrected chi connectivity index (χ0v) is 11.1. The molecule has 1 aromatic carbocycles. The summed E-state index contributed by atoms with van der Waals surface area (Å²) in [4.78, 5) is 2.73. The molecule has 0 saturated heterocycles. The van der Waals surface area contributed by atoms with Gasteiger partial charge in [0.25, 0.3) is 0 Å². The van der Waals surface area contributed by atoms with Crippen LogP contribution in [0.3, 0.4) is 0 Å². The number of hydrogen-bond donors (Lipinski definition) is 1. The molecule has 4 heteroatoms. The van der Waals surface area contributed by atoms with Crippen molar-refractivity contribution in [1.82, 2.24) is 0 Å². The first kappa shape index (κ1) is 13.3. The Balaban J connectivity index is 0.000000606. The van der Waals surface area contributed by atoms with Crippen molar-refractivity contribution in [3.8, 4) is 0 Å². The summed E-state index contributed by atoms with van der Waals surface area (Å²) < 4.78 is 13.7. The normalized spacial score (nSPS) is 17.9. The second-order valence-corrected chi connectivity index (χ2v) is 4.56. The van der Waals surface area contributed by atoms with Gasteiger partial charge in [0.2, 0.25) is 0 Å². The topological polar surface area (TPSA) is 29.3 Å². The summed E-state index contributed by atoms with van der Waals surface area (Å²) in [5.74, 6) is -0.165. The lowest BCUT2D eigenvalue weighted by Gasteiger charge is -2.17. The summed E-state index contributed by atoms with van der Waals surface area (Å²) in [7, 11) is 1.82. The number of thioether (sulfide) groups is 1. The molecule has 1 aliphatic rings. The molecule has 2 N–H and O–H groups in total. The maximum atomic E-state index is 13.7. The van der Waals surface area contributed by atoms with Crippen LogP contribution in [-0.2, 0) is 6.42 Å². The number of benzene rings is 1. The summed E-state index contributed by atoms with van der Waals surface area (Å²) in [6, 6.07) is 3.61. The van der Waals surface area contributed by atoms with Crippen molar-refractivity contribution in [3.05, 3.63) is 23.5 Å². The fourth-order valence-corrected chi connectivity index (χ4v) is 2.70. The third-order valence-corrected chi connectivity index (χ3v) is 3.60. The number of aryl methyl sites for hydroxylation is 1. The molecule has 1 aliphatic heterocycles. The minimum Gasteiger partial charge on any atom is -0.347 e. The molecule has 16 heavy (non-hydrogen) atoms. The van der Waals surface area contributed by atoms with E-state index in [-0.39, 0.29) is 11.3 Å². The van der Waals surface area contributed by atoms with E-state index < -0.39 is 0 Å². The number of rotatable bonds is 1. The van der Waals surface area contributed by atoms with Crippen molar-refractivity contribution in [2.24, 2.45) is 5.73 Å². The zero-order chi connectivity index (χ0) is 12.3. The van der Waals surface area contributed by atoms with Crippen LogP contribution in [0.15, 0.2) is 17.0 Å². The van der Waals surface area contributed by atoms with Crippen LogP contribution in [-0.4, -0.2) is 12.5 Å². The van der Waals surface area contributed by atoms with E-state index in [1.807, 2.05) is 33.9 Å². The van der Waals surface area contributed by atoms with E-state index in [1.54, 1.807) is 11.0 Å². The summed E-state index contributed by atoms with van der Waals surface area (Å²) >= 11 is 1.51. The van der Waals surface area contributed by atoms with Crippen LogP contribution in [0, 0.1) is 5.82 Å².